The molecule has 0 amide bonds. The van der Waals surface area contributed by atoms with E-state index in [1.165, 1.54) is 4.90 Å². The van der Waals surface area contributed by atoms with Gasteiger partial charge >= 0.3 is 5.97 Å². The highest BCUT2D eigenvalue weighted by Gasteiger charge is 2.28. The largest absolute Gasteiger partial charge is 0.507 e. The number of phenols is 1. The lowest BCUT2D eigenvalue weighted by molar-refractivity contribution is -0.921. The standard InChI is InChI=1S/C23H25BrN2O4/c1-2-30-23(28)22-17-12-21(27)18(24)13-19(17)26(14-16-6-4-3-5-7-16)20(22)15-25-8-10-29-11-9-25/h3-7,12-13,27H,2,8-11,14-15H2,1H3/p+1. The van der Waals surface area contributed by atoms with Crippen molar-refractivity contribution in [2.24, 2.45) is 0 Å². The van der Waals surface area contributed by atoms with Gasteiger partial charge in [0.25, 0.3) is 0 Å². The Morgan fingerprint density at radius 1 is 1.23 bits per heavy atom. The van der Waals surface area contributed by atoms with Crippen molar-refractivity contribution in [2.75, 3.05) is 32.9 Å². The summed E-state index contributed by atoms with van der Waals surface area (Å²) in [5, 5.41) is 11.1. The molecule has 0 aliphatic carbocycles. The minimum atomic E-state index is -0.348. The van der Waals surface area contributed by atoms with Crippen LogP contribution in [0.4, 0.5) is 0 Å². The van der Waals surface area contributed by atoms with Crippen LogP contribution >= 0.6 is 15.9 Å². The Labute approximate surface area is 184 Å². The number of nitrogens with zero attached hydrogens (tertiary/aromatic N) is 1. The Morgan fingerprint density at radius 2 is 1.97 bits per heavy atom. The first-order valence-electron chi connectivity index (χ1n) is 10.2. The number of nitrogens with one attached hydrogen (secondary N) is 1. The van der Waals surface area contributed by atoms with Crippen LogP contribution in [0.25, 0.3) is 10.9 Å². The van der Waals surface area contributed by atoms with Crippen molar-refractivity contribution >= 4 is 32.8 Å². The summed E-state index contributed by atoms with van der Waals surface area (Å²) in [6, 6.07) is 13.7. The Morgan fingerprint density at radius 3 is 2.67 bits per heavy atom. The first kappa shape index (κ1) is 20.9. The summed E-state index contributed by atoms with van der Waals surface area (Å²) in [6.45, 7) is 6.65. The molecule has 0 saturated carbocycles. The third kappa shape index (κ3) is 4.24. The summed E-state index contributed by atoms with van der Waals surface area (Å²) in [5.41, 5.74) is 3.52. The molecule has 0 spiro atoms. The zero-order valence-corrected chi connectivity index (χ0v) is 18.6. The van der Waals surface area contributed by atoms with Gasteiger partial charge in [-0.2, -0.15) is 0 Å². The number of esters is 1. The zero-order valence-electron chi connectivity index (χ0n) is 17.0. The van der Waals surface area contributed by atoms with Gasteiger partial charge in [0.1, 0.15) is 25.4 Å². The molecule has 0 bridgehead atoms. The van der Waals surface area contributed by atoms with Gasteiger partial charge in [0.15, 0.2) is 0 Å². The van der Waals surface area contributed by atoms with Crippen LogP contribution < -0.4 is 4.90 Å². The molecule has 3 aromatic rings. The minimum absolute atomic E-state index is 0.107. The fraction of sp³-hybridized carbons (Fsp3) is 0.348. The van der Waals surface area contributed by atoms with E-state index in [9.17, 15) is 9.90 Å². The number of carbonyl (C=O) groups is 1. The van der Waals surface area contributed by atoms with E-state index in [2.05, 4.69) is 32.6 Å². The number of hydrogen-bond donors (Lipinski definition) is 2. The maximum Gasteiger partial charge on any atom is 0.340 e. The molecule has 1 aliphatic rings. The molecule has 2 heterocycles. The van der Waals surface area contributed by atoms with Crippen molar-refractivity contribution in [3.63, 3.8) is 0 Å². The monoisotopic (exact) mass is 473 g/mol. The average molecular weight is 474 g/mol. The molecule has 1 fully saturated rings. The van der Waals surface area contributed by atoms with E-state index in [0.29, 0.717) is 35.1 Å². The normalized spacial score (nSPS) is 14.9. The van der Waals surface area contributed by atoms with Crippen LogP contribution in [0.1, 0.15) is 28.5 Å². The molecule has 6 nitrogen and oxygen atoms in total. The Kier molecular flexibility index (Phi) is 6.41. The van der Waals surface area contributed by atoms with E-state index in [-0.39, 0.29) is 11.7 Å². The smallest absolute Gasteiger partial charge is 0.340 e. The Bertz CT molecular complexity index is 1040. The van der Waals surface area contributed by atoms with Gasteiger partial charge in [0, 0.05) is 11.9 Å². The van der Waals surface area contributed by atoms with E-state index < -0.39 is 0 Å². The fourth-order valence-electron chi connectivity index (χ4n) is 4.05. The highest BCUT2D eigenvalue weighted by Crippen LogP contribution is 2.35. The summed E-state index contributed by atoms with van der Waals surface area (Å²) in [6.07, 6.45) is 0. The summed E-state index contributed by atoms with van der Waals surface area (Å²) < 4.78 is 13.7. The van der Waals surface area contributed by atoms with Gasteiger partial charge in [0.05, 0.1) is 41.1 Å². The van der Waals surface area contributed by atoms with Crippen LogP contribution in [-0.2, 0) is 22.6 Å². The molecule has 7 heteroatoms. The number of aromatic hydroxyl groups is 1. The van der Waals surface area contributed by atoms with E-state index >= 15 is 0 Å². The van der Waals surface area contributed by atoms with E-state index in [4.69, 9.17) is 9.47 Å². The van der Waals surface area contributed by atoms with Crippen LogP contribution in [0.15, 0.2) is 46.9 Å². The number of benzene rings is 2. The SMILES string of the molecule is CCOC(=O)c1c(C[NH+]2CCOCC2)n(Cc2ccccc2)c2cc(Br)c(O)cc12. The molecule has 30 heavy (non-hydrogen) atoms. The van der Waals surface area contributed by atoms with Gasteiger partial charge in [-0.1, -0.05) is 30.3 Å². The van der Waals surface area contributed by atoms with Gasteiger partial charge in [-0.25, -0.2) is 4.79 Å². The van der Waals surface area contributed by atoms with E-state index in [1.807, 2.05) is 31.2 Å². The first-order chi connectivity index (χ1) is 14.6. The van der Waals surface area contributed by atoms with Crippen molar-refractivity contribution < 1.29 is 24.3 Å². The van der Waals surface area contributed by atoms with Gasteiger partial charge in [-0.05, 0) is 40.5 Å². The molecular formula is C23H26BrN2O4+. The second-order valence-electron chi connectivity index (χ2n) is 7.47. The van der Waals surface area contributed by atoms with Crippen molar-refractivity contribution in [3.8, 4) is 5.75 Å². The lowest BCUT2D eigenvalue weighted by Gasteiger charge is -2.25. The lowest BCUT2D eigenvalue weighted by Crippen LogP contribution is -3.12. The summed E-state index contributed by atoms with van der Waals surface area (Å²) in [5.74, 6) is -0.242. The molecule has 1 aromatic heterocycles. The predicted molar refractivity (Wildman–Crippen MR) is 118 cm³/mol. The second-order valence-corrected chi connectivity index (χ2v) is 8.33. The quantitative estimate of drug-likeness (QED) is 0.540. The van der Waals surface area contributed by atoms with Crippen molar-refractivity contribution in [1.29, 1.82) is 0 Å². The number of quaternary nitrogens is 1. The molecular weight excluding hydrogens is 448 g/mol. The maximum atomic E-state index is 13.0. The number of halogens is 1. The van der Waals surface area contributed by atoms with Gasteiger partial charge in [0.2, 0.25) is 0 Å². The van der Waals surface area contributed by atoms with Crippen LogP contribution in [0.3, 0.4) is 0 Å². The minimum Gasteiger partial charge on any atom is -0.507 e. The molecule has 0 atom stereocenters. The molecule has 158 valence electrons. The fourth-order valence-corrected chi connectivity index (χ4v) is 4.38. The van der Waals surface area contributed by atoms with Gasteiger partial charge in [-0.15, -0.1) is 0 Å². The summed E-state index contributed by atoms with van der Waals surface area (Å²) >= 11 is 3.43. The van der Waals surface area contributed by atoms with E-state index in [1.54, 1.807) is 6.07 Å². The number of hydrogen-bond acceptors (Lipinski definition) is 4. The highest BCUT2D eigenvalue weighted by molar-refractivity contribution is 9.10. The molecule has 0 radical (unpaired) electrons. The molecule has 2 aromatic carbocycles. The number of aromatic nitrogens is 1. The Balaban J connectivity index is 1.90. The second kappa shape index (κ2) is 9.20. The third-order valence-corrected chi connectivity index (χ3v) is 6.16. The third-order valence-electron chi connectivity index (χ3n) is 5.52. The number of carbonyl (C=O) groups excluding carboxylic acids is 1. The molecule has 0 unspecified atom stereocenters. The first-order valence-corrected chi connectivity index (χ1v) is 11.0. The van der Waals surface area contributed by atoms with Crippen LogP contribution in [-0.4, -0.2) is 48.6 Å². The van der Waals surface area contributed by atoms with Crippen molar-refractivity contribution in [3.05, 3.63) is 63.8 Å². The predicted octanol–water partition coefficient (Wildman–Crippen LogP) is 2.75. The highest BCUT2D eigenvalue weighted by atomic mass is 79.9. The number of fused-ring (bicyclic) bond motifs is 1. The average Bonchev–Trinajstić information content (AvgIpc) is 3.02. The topological polar surface area (TPSA) is 65.1 Å². The Hall–Kier alpha value is -2.35. The van der Waals surface area contributed by atoms with Gasteiger partial charge in [-0.3, -0.25) is 0 Å². The van der Waals surface area contributed by atoms with E-state index in [0.717, 1.165) is 43.1 Å². The van der Waals surface area contributed by atoms with Gasteiger partial charge < -0.3 is 24.0 Å². The van der Waals surface area contributed by atoms with Crippen molar-refractivity contribution in [2.45, 2.75) is 20.0 Å². The lowest BCUT2D eigenvalue weighted by atomic mass is 10.1. The molecule has 1 saturated heterocycles. The number of ether oxygens (including phenoxy) is 2. The summed E-state index contributed by atoms with van der Waals surface area (Å²) in [4.78, 5) is 14.4. The number of morpholine rings is 1. The number of phenolic OH excluding ortho intramolecular Hbond substituents is 1. The molecule has 4 rings (SSSR count). The zero-order chi connectivity index (χ0) is 21.1. The molecule has 1 aliphatic heterocycles. The maximum absolute atomic E-state index is 13.0. The summed E-state index contributed by atoms with van der Waals surface area (Å²) in [7, 11) is 0. The van der Waals surface area contributed by atoms with Crippen molar-refractivity contribution in [1.82, 2.24) is 4.57 Å². The van der Waals surface area contributed by atoms with Crippen LogP contribution in [0.2, 0.25) is 0 Å². The molecule has 2 N–H and O–H groups in total. The number of rotatable bonds is 6. The van der Waals surface area contributed by atoms with Crippen LogP contribution in [0.5, 0.6) is 5.75 Å². The van der Waals surface area contributed by atoms with Crippen LogP contribution in [0, 0.1) is 0 Å².